The number of hydrogen-bond acceptors (Lipinski definition) is 6. The number of ether oxygens (including phenoxy) is 3. The Balaban J connectivity index is 4.57. The van der Waals surface area contributed by atoms with Gasteiger partial charge in [-0.05, 0) is 103 Å². The van der Waals surface area contributed by atoms with E-state index in [4.69, 9.17) is 14.2 Å². The second kappa shape index (κ2) is 53.7. The van der Waals surface area contributed by atoms with Crippen molar-refractivity contribution < 1.29 is 28.6 Å². The van der Waals surface area contributed by atoms with Crippen LogP contribution in [0.4, 0.5) is 0 Å². The van der Waals surface area contributed by atoms with Crippen molar-refractivity contribution in [2.45, 2.75) is 239 Å². The molecular weight excluding hydrogens is 817 g/mol. The van der Waals surface area contributed by atoms with Crippen molar-refractivity contribution >= 4 is 17.9 Å². The first-order chi connectivity index (χ1) is 32.5. The fourth-order valence-corrected chi connectivity index (χ4v) is 6.99. The Kier molecular flexibility index (Phi) is 50.5. The van der Waals surface area contributed by atoms with Gasteiger partial charge in [0.25, 0.3) is 0 Å². The summed E-state index contributed by atoms with van der Waals surface area (Å²) in [4.78, 5) is 38.0. The van der Waals surface area contributed by atoms with Gasteiger partial charge in [-0.1, -0.05) is 220 Å². The summed E-state index contributed by atoms with van der Waals surface area (Å²) in [6, 6.07) is 0. The zero-order chi connectivity index (χ0) is 47.9. The lowest BCUT2D eigenvalue weighted by molar-refractivity contribution is -0.166. The van der Waals surface area contributed by atoms with Crippen LogP contribution < -0.4 is 0 Å². The monoisotopic (exact) mass is 915 g/mol. The molecular formula is C60H98O6. The molecule has 0 saturated heterocycles. The third kappa shape index (κ3) is 51.1. The van der Waals surface area contributed by atoms with Gasteiger partial charge < -0.3 is 14.2 Å². The quantitative estimate of drug-likeness (QED) is 0.0199. The van der Waals surface area contributed by atoms with Crippen molar-refractivity contribution in [1.29, 1.82) is 0 Å². The topological polar surface area (TPSA) is 78.9 Å². The first kappa shape index (κ1) is 62.1. The van der Waals surface area contributed by atoms with E-state index in [9.17, 15) is 14.4 Å². The first-order valence-corrected chi connectivity index (χ1v) is 26.9. The summed E-state index contributed by atoms with van der Waals surface area (Å²) < 4.78 is 16.7. The Bertz CT molecular complexity index is 1370. The van der Waals surface area contributed by atoms with Crippen LogP contribution >= 0.6 is 0 Å². The fraction of sp³-hybridized carbons (Fsp3) is 0.650. The summed E-state index contributed by atoms with van der Waals surface area (Å²) in [5.74, 6) is -1.07. The number of carbonyl (C=O) groups is 3. The Morgan fingerprint density at radius 1 is 0.333 bits per heavy atom. The highest BCUT2D eigenvalue weighted by Crippen LogP contribution is 2.12. The second-order valence-corrected chi connectivity index (χ2v) is 17.4. The van der Waals surface area contributed by atoms with Gasteiger partial charge in [0.05, 0.1) is 0 Å². The van der Waals surface area contributed by atoms with Gasteiger partial charge >= 0.3 is 17.9 Å². The first-order valence-electron chi connectivity index (χ1n) is 26.9. The fourth-order valence-electron chi connectivity index (χ4n) is 6.99. The molecule has 0 aliphatic carbocycles. The van der Waals surface area contributed by atoms with Crippen LogP contribution in [-0.4, -0.2) is 37.2 Å². The summed E-state index contributed by atoms with van der Waals surface area (Å²) in [5, 5.41) is 0. The lowest BCUT2D eigenvalue weighted by Gasteiger charge is -2.18. The SMILES string of the molecule is CC/C=C/C/C=C/C/C=C/C/C=C/C/C=C/CCCC(=O)OC(COC(=O)CC/C=C/C/C=C/CCCCCCCC)COC(=O)CCCCCCC/C=C/C=C/CCCCCCCCC. The summed E-state index contributed by atoms with van der Waals surface area (Å²) in [6.45, 7) is 6.39. The average Bonchev–Trinajstić information content (AvgIpc) is 3.31. The van der Waals surface area contributed by atoms with Crippen LogP contribution in [-0.2, 0) is 28.6 Å². The number of esters is 3. The van der Waals surface area contributed by atoms with Crippen molar-refractivity contribution in [3.8, 4) is 0 Å². The van der Waals surface area contributed by atoms with Gasteiger partial charge in [-0.2, -0.15) is 0 Å². The van der Waals surface area contributed by atoms with E-state index in [-0.39, 0.29) is 44.0 Å². The van der Waals surface area contributed by atoms with E-state index in [2.05, 4.69) is 124 Å². The van der Waals surface area contributed by atoms with Crippen LogP contribution in [0.3, 0.4) is 0 Å². The number of hydrogen-bond donors (Lipinski definition) is 0. The van der Waals surface area contributed by atoms with Gasteiger partial charge in [-0.3, -0.25) is 14.4 Å². The lowest BCUT2D eigenvalue weighted by atomic mass is 10.1. The van der Waals surface area contributed by atoms with Gasteiger partial charge in [0.2, 0.25) is 0 Å². The molecule has 0 radical (unpaired) electrons. The molecule has 1 atom stereocenters. The minimum atomic E-state index is -0.838. The summed E-state index contributed by atoms with van der Waals surface area (Å²) >= 11 is 0. The maximum absolute atomic E-state index is 12.8. The number of rotatable bonds is 47. The van der Waals surface area contributed by atoms with E-state index in [0.29, 0.717) is 19.3 Å². The molecule has 0 heterocycles. The minimum Gasteiger partial charge on any atom is -0.462 e. The Morgan fingerprint density at radius 3 is 1.15 bits per heavy atom. The number of unbranched alkanes of at least 4 members (excludes halogenated alkanes) is 19. The molecule has 0 saturated carbocycles. The summed E-state index contributed by atoms with van der Waals surface area (Å²) in [5.41, 5.74) is 0. The van der Waals surface area contributed by atoms with E-state index in [0.717, 1.165) is 89.9 Å². The number of carbonyl (C=O) groups excluding carboxylic acids is 3. The molecule has 0 rings (SSSR count). The van der Waals surface area contributed by atoms with E-state index >= 15 is 0 Å². The maximum Gasteiger partial charge on any atom is 0.306 e. The van der Waals surface area contributed by atoms with Crippen LogP contribution in [0, 0.1) is 0 Å². The molecule has 0 amide bonds. The molecule has 6 nitrogen and oxygen atoms in total. The molecule has 0 aliphatic rings. The highest BCUT2D eigenvalue weighted by atomic mass is 16.6. The molecule has 0 N–H and O–H groups in total. The minimum absolute atomic E-state index is 0.128. The normalized spacial score (nSPS) is 13.0. The van der Waals surface area contributed by atoms with Crippen LogP contribution in [0.15, 0.2) is 109 Å². The highest BCUT2D eigenvalue weighted by molar-refractivity contribution is 5.71. The Labute approximate surface area is 406 Å². The Morgan fingerprint density at radius 2 is 0.682 bits per heavy atom. The second-order valence-electron chi connectivity index (χ2n) is 17.4. The van der Waals surface area contributed by atoms with E-state index < -0.39 is 6.10 Å². The standard InChI is InChI=1S/C60H98O6/c1-4-7-10-13-16-19-22-25-27-29-31-32-35-38-41-44-47-50-53-59(62)65-56-57(55-64-58(61)52-49-46-43-40-37-34-24-21-18-15-12-9-6-3)66-60(63)54-51-48-45-42-39-36-33-30-28-26-23-20-17-14-11-8-5-2/h8,11,17,20,26-29,31-34,36-37,42-43,45-46,57H,4-7,9-10,12-16,18-19,21-25,30,35,38-41,44,47-56H2,1-3H3/b11-8+,20-17+,28-26+,29-27+,32-31+,36-33+,37-34+,45-42+,46-43+. The van der Waals surface area contributed by atoms with E-state index in [1.807, 2.05) is 6.08 Å². The molecule has 66 heavy (non-hydrogen) atoms. The predicted octanol–water partition coefficient (Wildman–Crippen LogP) is 17.9. The average molecular weight is 915 g/mol. The van der Waals surface area contributed by atoms with Crippen molar-refractivity contribution in [2.24, 2.45) is 0 Å². The smallest absolute Gasteiger partial charge is 0.306 e. The van der Waals surface area contributed by atoms with Crippen molar-refractivity contribution in [1.82, 2.24) is 0 Å². The molecule has 0 aliphatic heterocycles. The third-order valence-electron chi connectivity index (χ3n) is 11.0. The zero-order valence-electron chi connectivity index (χ0n) is 42.7. The van der Waals surface area contributed by atoms with Crippen LogP contribution in [0.1, 0.15) is 233 Å². The molecule has 374 valence electrons. The third-order valence-corrected chi connectivity index (χ3v) is 11.0. The van der Waals surface area contributed by atoms with Crippen molar-refractivity contribution in [2.75, 3.05) is 13.2 Å². The lowest BCUT2D eigenvalue weighted by Crippen LogP contribution is -2.30. The Hall–Kier alpha value is -3.93. The van der Waals surface area contributed by atoms with Crippen LogP contribution in [0.5, 0.6) is 0 Å². The molecule has 0 spiro atoms. The van der Waals surface area contributed by atoms with Gasteiger partial charge in [-0.15, -0.1) is 0 Å². The molecule has 1 unspecified atom stereocenters. The van der Waals surface area contributed by atoms with Gasteiger partial charge in [0.15, 0.2) is 6.10 Å². The van der Waals surface area contributed by atoms with Gasteiger partial charge in [0.1, 0.15) is 13.2 Å². The largest absolute Gasteiger partial charge is 0.462 e. The number of allylic oxidation sites excluding steroid dienone is 18. The zero-order valence-corrected chi connectivity index (χ0v) is 42.7. The van der Waals surface area contributed by atoms with Crippen molar-refractivity contribution in [3.63, 3.8) is 0 Å². The van der Waals surface area contributed by atoms with Crippen molar-refractivity contribution in [3.05, 3.63) is 109 Å². The predicted molar refractivity (Wildman–Crippen MR) is 283 cm³/mol. The van der Waals surface area contributed by atoms with Gasteiger partial charge in [0, 0.05) is 19.3 Å². The molecule has 0 bridgehead atoms. The van der Waals surface area contributed by atoms with E-state index in [1.165, 1.54) is 89.9 Å². The summed E-state index contributed by atoms with van der Waals surface area (Å²) in [7, 11) is 0. The van der Waals surface area contributed by atoms with Crippen LogP contribution in [0.25, 0.3) is 0 Å². The highest BCUT2D eigenvalue weighted by Gasteiger charge is 2.19. The molecule has 6 heteroatoms. The van der Waals surface area contributed by atoms with Gasteiger partial charge in [-0.25, -0.2) is 0 Å². The summed E-state index contributed by atoms with van der Waals surface area (Å²) in [6.07, 6.45) is 72.4. The molecule has 0 aromatic rings. The maximum atomic E-state index is 12.8. The molecule has 0 aromatic heterocycles. The molecule has 0 aromatic carbocycles. The van der Waals surface area contributed by atoms with E-state index in [1.54, 1.807) is 0 Å². The van der Waals surface area contributed by atoms with Crippen LogP contribution in [0.2, 0.25) is 0 Å². The molecule has 0 fully saturated rings.